The van der Waals surface area contributed by atoms with E-state index in [4.69, 9.17) is 0 Å². The van der Waals surface area contributed by atoms with E-state index < -0.39 is 0 Å². The van der Waals surface area contributed by atoms with Gasteiger partial charge in [0.15, 0.2) is 0 Å². The van der Waals surface area contributed by atoms with E-state index in [0.29, 0.717) is 11.9 Å². The minimum atomic E-state index is -0.163. The van der Waals surface area contributed by atoms with Gasteiger partial charge in [0.2, 0.25) is 0 Å². The molecule has 2 unspecified atom stereocenters. The average molecular weight is 326 g/mol. The maximum absolute atomic E-state index is 13.2. The van der Waals surface area contributed by atoms with E-state index in [9.17, 15) is 4.79 Å². The number of aryl methyl sites for hydroxylation is 1. The van der Waals surface area contributed by atoms with E-state index >= 15 is 0 Å². The molecule has 3 heteroatoms. The van der Waals surface area contributed by atoms with Gasteiger partial charge in [0.1, 0.15) is 5.78 Å². The fourth-order valence-electron chi connectivity index (χ4n) is 5.52. The Morgan fingerprint density at radius 3 is 2.21 bits per heavy atom. The van der Waals surface area contributed by atoms with Crippen LogP contribution in [0.5, 0.6) is 0 Å². The van der Waals surface area contributed by atoms with Gasteiger partial charge in [-0.3, -0.25) is 14.6 Å². The molecule has 24 heavy (non-hydrogen) atoms. The molecule has 0 spiro atoms. The number of nitrogens with zero attached hydrogens (tertiary/aromatic N) is 2. The molecule has 0 amide bonds. The number of carbonyl (C=O) groups excluding carboxylic acids is 1. The maximum atomic E-state index is 13.2. The number of piperidine rings is 2. The van der Waals surface area contributed by atoms with Crippen molar-refractivity contribution in [3.63, 3.8) is 0 Å². The van der Waals surface area contributed by atoms with Crippen molar-refractivity contribution in [2.24, 2.45) is 10.8 Å². The number of carbonyl (C=O) groups is 1. The van der Waals surface area contributed by atoms with Crippen LogP contribution in [0.15, 0.2) is 24.3 Å². The molecule has 4 bridgehead atoms. The van der Waals surface area contributed by atoms with Crippen LogP contribution in [0, 0.1) is 10.8 Å². The van der Waals surface area contributed by atoms with Crippen LogP contribution in [-0.4, -0.2) is 41.8 Å². The summed E-state index contributed by atoms with van der Waals surface area (Å²) >= 11 is 0. The summed E-state index contributed by atoms with van der Waals surface area (Å²) in [5, 5.41) is 0. The van der Waals surface area contributed by atoms with Crippen LogP contribution in [0.2, 0.25) is 0 Å². The van der Waals surface area contributed by atoms with Crippen molar-refractivity contribution in [2.75, 3.05) is 26.2 Å². The molecule has 4 saturated heterocycles. The van der Waals surface area contributed by atoms with Gasteiger partial charge in [-0.2, -0.15) is 0 Å². The Kier molecular flexibility index (Phi) is 3.85. The van der Waals surface area contributed by atoms with E-state index in [0.717, 1.165) is 39.0 Å². The molecule has 1 aromatic rings. The van der Waals surface area contributed by atoms with Crippen LogP contribution in [0.1, 0.15) is 57.3 Å². The molecule has 4 fully saturated rings. The minimum Gasteiger partial charge on any atom is -0.298 e. The van der Waals surface area contributed by atoms with Crippen molar-refractivity contribution in [2.45, 2.75) is 52.6 Å². The third-order valence-electron chi connectivity index (χ3n) is 6.53. The Balaban J connectivity index is 1.65. The lowest BCUT2D eigenvalue weighted by atomic mass is 9.59. The highest BCUT2D eigenvalue weighted by molar-refractivity contribution is 5.93. The first-order valence-corrected chi connectivity index (χ1v) is 9.63. The van der Waals surface area contributed by atoms with Gasteiger partial charge in [0.05, 0.1) is 17.0 Å². The number of rotatable bonds is 5. The highest BCUT2D eigenvalue weighted by atomic mass is 16.1. The second-order valence-corrected chi connectivity index (χ2v) is 8.55. The fourth-order valence-corrected chi connectivity index (χ4v) is 5.52. The number of Topliss-reactive ketones (excluding diaryl/α,β-unsaturated/α-hetero) is 1. The third kappa shape index (κ3) is 2.28. The Morgan fingerprint density at radius 2 is 1.67 bits per heavy atom. The van der Waals surface area contributed by atoms with Gasteiger partial charge >= 0.3 is 0 Å². The quantitative estimate of drug-likeness (QED) is 0.825. The average Bonchev–Trinajstić information content (AvgIpc) is 2.57. The zero-order chi connectivity index (χ0) is 16.9. The van der Waals surface area contributed by atoms with Gasteiger partial charge in [-0.15, -0.1) is 0 Å². The molecule has 0 saturated carbocycles. The van der Waals surface area contributed by atoms with E-state index in [1.165, 1.54) is 24.0 Å². The summed E-state index contributed by atoms with van der Waals surface area (Å²) in [6.07, 6.45) is 4.86. The van der Waals surface area contributed by atoms with Crippen LogP contribution in [-0.2, 0) is 11.2 Å². The molecule has 3 nitrogen and oxygen atoms in total. The predicted molar refractivity (Wildman–Crippen MR) is 96.8 cm³/mol. The largest absolute Gasteiger partial charge is 0.298 e. The van der Waals surface area contributed by atoms with Gasteiger partial charge in [-0.05, 0) is 24.0 Å². The van der Waals surface area contributed by atoms with Gasteiger partial charge in [0, 0.05) is 26.2 Å². The van der Waals surface area contributed by atoms with Crippen LogP contribution >= 0.6 is 0 Å². The number of hydrogen-bond donors (Lipinski definition) is 0. The van der Waals surface area contributed by atoms with Crippen LogP contribution in [0.25, 0.3) is 0 Å². The molecule has 0 radical (unpaired) electrons. The molecule has 130 valence electrons. The van der Waals surface area contributed by atoms with E-state index in [1.807, 2.05) is 0 Å². The zero-order valence-electron chi connectivity index (χ0n) is 15.3. The Labute approximate surface area is 146 Å². The van der Waals surface area contributed by atoms with Crippen molar-refractivity contribution < 1.29 is 4.79 Å². The van der Waals surface area contributed by atoms with E-state index in [1.54, 1.807) is 0 Å². The van der Waals surface area contributed by atoms with Gasteiger partial charge in [0.25, 0.3) is 0 Å². The van der Waals surface area contributed by atoms with Crippen LogP contribution < -0.4 is 0 Å². The minimum absolute atomic E-state index is 0.110. The zero-order valence-corrected chi connectivity index (χ0v) is 15.3. The number of benzene rings is 1. The smallest absolute Gasteiger partial charge is 0.150 e. The molecule has 1 aromatic carbocycles. The Morgan fingerprint density at radius 1 is 1.04 bits per heavy atom. The predicted octanol–water partition coefficient (Wildman–Crippen LogP) is 3.64. The lowest BCUT2D eigenvalue weighted by molar-refractivity contribution is -0.201. The maximum Gasteiger partial charge on any atom is 0.150 e. The SMILES string of the molecule is CCCCC12CN3CC(C)(CN(C1)C3c1ccc(CC)cc1)C2=O. The second-order valence-electron chi connectivity index (χ2n) is 8.55. The summed E-state index contributed by atoms with van der Waals surface area (Å²) in [7, 11) is 0. The Bertz CT molecular complexity index is 620. The van der Waals surface area contributed by atoms with Crippen LogP contribution in [0.4, 0.5) is 0 Å². The highest BCUT2D eigenvalue weighted by Crippen LogP contribution is 2.53. The molecule has 0 N–H and O–H groups in total. The monoisotopic (exact) mass is 326 g/mol. The van der Waals surface area contributed by atoms with Crippen molar-refractivity contribution >= 4 is 5.78 Å². The first-order valence-electron chi connectivity index (χ1n) is 9.63. The summed E-state index contributed by atoms with van der Waals surface area (Å²) < 4.78 is 0. The van der Waals surface area contributed by atoms with Crippen molar-refractivity contribution in [3.05, 3.63) is 35.4 Å². The summed E-state index contributed by atoms with van der Waals surface area (Å²) in [6.45, 7) is 10.4. The number of unbranched alkanes of at least 4 members (excludes halogenated alkanes) is 1. The van der Waals surface area contributed by atoms with E-state index in [2.05, 4.69) is 54.8 Å². The van der Waals surface area contributed by atoms with Crippen LogP contribution in [0.3, 0.4) is 0 Å². The number of hydrogen-bond acceptors (Lipinski definition) is 3. The molecule has 0 aromatic heterocycles. The molecule has 4 aliphatic heterocycles. The van der Waals surface area contributed by atoms with Gasteiger partial charge < -0.3 is 0 Å². The van der Waals surface area contributed by atoms with Crippen molar-refractivity contribution in [1.29, 1.82) is 0 Å². The first kappa shape index (κ1) is 16.3. The van der Waals surface area contributed by atoms with Crippen molar-refractivity contribution in [3.8, 4) is 0 Å². The Hall–Kier alpha value is -1.19. The molecule has 0 aliphatic carbocycles. The van der Waals surface area contributed by atoms with Gasteiger partial charge in [-0.25, -0.2) is 0 Å². The fraction of sp³-hybridized carbons (Fsp3) is 0.667. The van der Waals surface area contributed by atoms with Crippen molar-refractivity contribution in [1.82, 2.24) is 9.80 Å². The highest BCUT2D eigenvalue weighted by Gasteiger charge is 2.63. The second kappa shape index (κ2) is 5.67. The normalized spacial score (nSPS) is 40.3. The molecule has 4 aliphatic rings. The molecular formula is C21H30N2O. The summed E-state index contributed by atoms with van der Waals surface area (Å²) in [6, 6.07) is 9.13. The third-order valence-corrected chi connectivity index (χ3v) is 6.53. The summed E-state index contributed by atoms with van der Waals surface area (Å²) in [4.78, 5) is 18.4. The lowest BCUT2D eigenvalue weighted by Crippen LogP contribution is -2.76. The first-order chi connectivity index (χ1) is 11.5. The van der Waals surface area contributed by atoms with Gasteiger partial charge in [-0.1, -0.05) is 57.9 Å². The lowest BCUT2D eigenvalue weighted by Gasteiger charge is -2.65. The topological polar surface area (TPSA) is 23.6 Å². The summed E-state index contributed by atoms with van der Waals surface area (Å²) in [5.74, 6) is 0.552. The standard InChI is InChI=1S/C21H30N2O/c1-4-6-11-21-14-22-12-20(3,19(21)24)13-23(15-21)18(22)17-9-7-16(5-2)8-10-17/h7-10,18H,4-6,11-15H2,1-3H3. The summed E-state index contributed by atoms with van der Waals surface area (Å²) in [5.41, 5.74) is 2.52. The molecule has 4 heterocycles. The molecule has 2 atom stereocenters. The van der Waals surface area contributed by atoms with E-state index in [-0.39, 0.29) is 10.8 Å². The number of ketones is 1. The molecular weight excluding hydrogens is 296 g/mol. The molecule has 5 rings (SSSR count).